The first-order chi connectivity index (χ1) is 16.5. The Labute approximate surface area is 195 Å². The first-order valence-corrected chi connectivity index (χ1v) is 11.1. The molecule has 0 radical (unpaired) electrons. The van der Waals surface area contributed by atoms with Crippen molar-refractivity contribution in [2.75, 3.05) is 17.6 Å². The van der Waals surface area contributed by atoms with Gasteiger partial charge in [-0.2, -0.15) is 0 Å². The minimum atomic E-state index is -0.277. The lowest BCUT2D eigenvalue weighted by Crippen LogP contribution is -2.37. The summed E-state index contributed by atoms with van der Waals surface area (Å²) in [5.41, 5.74) is 8.89. The Morgan fingerprint density at radius 1 is 1.09 bits per heavy atom. The van der Waals surface area contributed by atoms with E-state index >= 15 is 0 Å². The molecule has 0 bridgehead atoms. The molecule has 1 fully saturated rings. The Bertz CT molecular complexity index is 1350. The van der Waals surface area contributed by atoms with E-state index in [-0.39, 0.29) is 17.9 Å². The lowest BCUT2D eigenvalue weighted by molar-refractivity contribution is -0.132. The number of anilines is 2. The van der Waals surface area contributed by atoms with Crippen LogP contribution in [-0.4, -0.2) is 47.6 Å². The maximum atomic E-state index is 12.6. The summed E-state index contributed by atoms with van der Waals surface area (Å²) in [4.78, 5) is 43.8. The molecule has 0 unspecified atom stereocenters. The van der Waals surface area contributed by atoms with E-state index in [1.54, 1.807) is 37.5 Å². The molecule has 1 atom stereocenters. The number of amides is 2. The third kappa shape index (κ3) is 3.94. The number of benzene rings is 1. The van der Waals surface area contributed by atoms with Crippen LogP contribution in [0, 0.1) is 0 Å². The van der Waals surface area contributed by atoms with Crippen molar-refractivity contribution < 1.29 is 9.59 Å². The van der Waals surface area contributed by atoms with Crippen LogP contribution in [-0.2, 0) is 4.79 Å². The predicted molar refractivity (Wildman–Crippen MR) is 127 cm³/mol. The number of imidazole rings is 1. The smallest absolute Gasteiger partial charge is 0.256 e. The van der Waals surface area contributed by atoms with Crippen molar-refractivity contribution in [3.63, 3.8) is 0 Å². The number of aromatic nitrogens is 5. The van der Waals surface area contributed by atoms with Gasteiger partial charge in [0, 0.05) is 43.2 Å². The zero-order valence-corrected chi connectivity index (χ0v) is 18.7. The van der Waals surface area contributed by atoms with E-state index in [1.807, 2.05) is 27.6 Å². The van der Waals surface area contributed by atoms with Crippen LogP contribution in [0.1, 0.15) is 48.4 Å². The van der Waals surface area contributed by atoms with Gasteiger partial charge in [0.05, 0.1) is 6.04 Å². The van der Waals surface area contributed by atoms with Gasteiger partial charge in [-0.25, -0.2) is 19.9 Å². The van der Waals surface area contributed by atoms with Gasteiger partial charge in [0.15, 0.2) is 0 Å². The molecule has 3 N–H and O–H groups in total. The summed E-state index contributed by atoms with van der Waals surface area (Å²) < 4.78 is 1.93. The summed E-state index contributed by atoms with van der Waals surface area (Å²) in [5, 5.41) is 2.74. The summed E-state index contributed by atoms with van der Waals surface area (Å²) in [6, 6.07) is 8.61. The molecule has 1 saturated heterocycles. The number of likely N-dealkylation sites (tertiary alicyclic amines) is 1. The quantitative estimate of drug-likeness (QED) is 0.482. The van der Waals surface area contributed by atoms with Crippen molar-refractivity contribution in [1.29, 1.82) is 0 Å². The predicted octanol–water partition coefficient (Wildman–Crippen LogP) is 3.09. The zero-order chi connectivity index (χ0) is 23.7. The highest BCUT2D eigenvalue weighted by molar-refractivity contribution is 6.04. The van der Waals surface area contributed by atoms with Gasteiger partial charge in [-0.1, -0.05) is 12.1 Å². The SMILES string of the molecule is CC(=O)N1CCCC[C@H]1c1nc(-c2ccc(C(=O)Nc3ccncn3)cc2)c2c(N)nccn12. The summed E-state index contributed by atoms with van der Waals surface area (Å²) in [5.74, 6) is 1.30. The number of nitrogens with two attached hydrogens (primary N) is 1. The van der Waals surface area contributed by atoms with Gasteiger partial charge in [-0.15, -0.1) is 0 Å². The molecule has 0 spiro atoms. The van der Waals surface area contributed by atoms with Crippen molar-refractivity contribution >= 4 is 29.0 Å². The number of hydrogen-bond donors (Lipinski definition) is 2. The molecule has 172 valence electrons. The Kier molecular flexibility index (Phi) is 5.62. The Hall–Kier alpha value is -4.34. The number of nitrogens with zero attached hydrogens (tertiary/aromatic N) is 6. The fourth-order valence-electron chi connectivity index (χ4n) is 4.43. The number of fused-ring (bicyclic) bond motifs is 1. The van der Waals surface area contributed by atoms with Crippen molar-refractivity contribution in [2.24, 2.45) is 0 Å². The average Bonchev–Trinajstić information content (AvgIpc) is 3.25. The number of rotatable bonds is 4. The topological polar surface area (TPSA) is 131 Å². The van der Waals surface area contributed by atoms with Gasteiger partial charge in [-0.3, -0.25) is 14.0 Å². The molecule has 0 saturated carbocycles. The van der Waals surface area contributed by atoms with Gasteiger partial charge in [-0.05, 0) is 37.5 Å². The minimum absolute atomic E-state index is 0.0316. The average molecular weight is 457 g/mol. The molecule has 34 heavy (non-hydrogen) atoms. The van der Waals surface area contributed by atoms with Gasteiger partial charge >= 0.3 is 0 Å². The van der Waals surface area contributed by atoms with Crippen molar-refractivity contribution in [1.82, 2.24) is 29.2 Å². The first kappa shape index (κ1) is 21.5. The summed E-state index contributed by atoms with van der Waals surface area (Å²) >= 11 is 0. The van der Waals surface area contributed by atoms with Crippen LogP contribution in [0.2, 0.25) is 0 Å². The molecule has 4 aromatic rings. The van der Waals surface area contributed by atoms with E-state index in [0.717, 1.165) is 30.7 Å². The van der Waals surface area contributed by atoms with Crippen LogP contribution in [0.25, 0.3) is 16.8 Å². The molecule has 4 heterocycles. The largest absolute Gasteiger partial charge is 0.382 e. The monoisotopic (exact) mass is 456 g/mol. The maximum absolute atomic E-state index is 12.6. The number of nitrogens with one attached hydrogen (secondary N) is 1. The normalized spacial score (nSPS) is 15.9. The van der Waals surface area contributed by atoms with Crippen LogP contribution in [0.3, 0.4) is 0 Å². The molecular formula is C24H24N8O2. The maximum Gasteiger partial charge on any atom is 0.256 e. The van der Waals surface area contributed by atoms with Crippen molar-refractivity contribution in [3.8, 4) is 11.3 Å². The molecule has 2 amide bonds. The second-order valence-electron chi connectivity index (χ2n) is 8.20. The molecule has 1 aliphatic rings. The molecule has 10 heteroatoms. The highest BCUT2D eigenvalue weighted by atomic mass is 16.2. The van der Waals surface area contributed by atoms with Crippen LogP contribution in [0.15, 0.2) is 55.2 Å². The molecule has 3 aromatic heterocycles. The van der Waals surface area contributed by atoms with Crippen LogP contribution < -0.4 is 11.1 Å². The van der Waals surface area contributed by atoms with Crippen LogP contribution in [0.5, 0.6) is 0 Å². The molecular weight excluding hydrogens is 432 g/mol. The third-order valence-corrected chi connectivity index (χ3v) is 6.06. The van der Waals surface area contributed by atoms with E-state index in [0.29, 0.717) is 35.0 Å². The number of carbonyl (C=O) groups is 2. The van der Waals surface area contributed by atoms with Gasteiger partial charge in [0.25, 0.3) is 5.91 Å². The zero-order valence-electron chi connectivity index (χ0n) is 18.7. The van der Waals surface area contributed by atoms with Gasteiger partial charge in [0.2, 0.25) is 5.91 Å². The molecule has 10 nitrogen and oxygen atoms in total. The highest BCUT2D eigenvalue weighted by Crippen LogP contribution is 2.35. The Balaban J connectivity index is 1.51. The molecule has 1 aliphatic heterocycles. The van der Waals surface area contributed by atoms with Crippen LogP contribution >= 0.6 is 0 Å². The standard InChI is InChI=1S/C24H24N8O2/c1-15(33)31-12-3-2-4-18(31)23-30-20(21-22(25)27-11-13-32(21)23)16-5-7-17(8-6-16)24(34)29-19-9-10-26-14-28-19/h5-11,13-14,18H,2-4,12H2,1H3,(H2,25,27)(H,26,28,29,34)/t18-/m0/s1. The van der Waals surface area contributed by atoms with E-state index in [9.17, 15) is 9.59 Å². The molecule has 1 aromatic carbocycles. The first-order valence-electron chi connectivity index (χ1n) is 11.1. The lowest BCUT2D eigenvalue weighted by atomic mass is 10.0. The summed E-state index contributed by atoms with van der Waals surface area (Å²) in [7, 11) is 0. The third-order valence-electron chi connectivity index (χ3n) is 6.06. The van der Waals surface area contributed by atoms with Gasteiger partial charge < -0.3 is 16.0 Å². The number of nitrogen functional groups attached to an aromatic ring is 1. The molecule has 0 aliphatic carbocycles. The number of piperidine rings is 1. The Morgan fingerprint density at radius 3 is 2.65 bits per heavy atom. The number of carbonyl (C=O) groups excluding carboxylic acids is 2. The van der Waals surface area contributed by atoms with Crippen molar-refractivity contribution in [3.05, 3.63) is 66.6 Å². The minimum Gasteiger partial charge on any atom is -0.382 e. The van der Waals surface area contributed by atoms with E-state index < -0.39 is 0 Å². The second kappa shape index (κ2) is 8.89. The fourth-order valence-corrected chi connectivity index (χ4v) is 4.43. The second-order valence-corrected chi connectivity index (χ2v) is 8.20. The van der Waals surface area contributed by atoms with E-state index in [4.69, 9.17) is 10.7 Å². The van der Waals surface area contributed by atoms with Crippen LogP contribution in [0.4, 0.5) is 11.6 Å². The molecule has 5 rings (SSSR count). The lowest BCUT2D eigenvalue weighted by Gasteiger charge is -2.34. The Morgan fingerprint density at radius 2 is 1.91 bits per heavy atom. The summed E-state index contributed by atoms with van der Waals surface area (Å²) in [6.45, 7) is 2.30. The summed E-state index contributed by atoms with van der Waals surface area (Å²) in [6.07, 6.45) is 9.24. The highest BCUT2D eigenvalue weighted by Gasteiger charge is 2.31. The van der Waals surface area contributed by atoms with E-state index in [2.05, 4.69) is 20.3 Å². The fraction of sp³-hybridized carbons (Fsp3) is 0.250. The van der Waals surface area contributed by atoms with Crippen molar-refractivity contribution in [2.45, 2.75) is 32.2 Å². The van der Waals surface area contributed by atoms with Gasteiger partial charge in [0.1, 0.15) is 35.0 Å². The number of hydrogen-bond acceptors (Lipinski definition) is 7. The van der Waals surface area contributed by atoms with E-state index in [1.165, 1.54) is 6.33 Å².